The Kier molecular flexibility index (Phi) is 8.90. The Morgan fingerprint density at radius 3 is 2.33 bits per heavy atom. The molecule has 0 aromatic heterocycles. The van der Waals surface area contributed by atoms with Gasteiger partial charge >= 0.3 is 6.18 Å². The molecule has 40 heavy (non-hydrogen) atoms. The Morgan fingerprint density at radius 2 is 1.73 bits per heavy atom. The Balaban J connectivity index is 1.21. The normalized spacial score (nSPS) is 24.6. The standard InChI is InChI=1S/C30H36BrF4N3O2/c1-36(29(40)22-12-23(30(33,34)35)14-24(31)13-22)15-21(20-2-4-25(32)5-3-20)8-9-37-16-28(17-37)38-26-6-7-27(38)11-19(10-26)18-39/h2-5,12-14,19,21,26-28,39H,6-11,15-18H2,1H3/t19?,21-,26-,27+/m1/s1. The third kappa shape index (κ3) is 6.55. The van der Waals surface area contributed by atoms with Crippen molar-refractivity contribution in [3.05, 3.63) is 69.4 Å². The minimum Gasteiger partial charge on any atom is -0.396 e. The highest BCUT2D eigenvalue weighted by atomic mass is 79.9. The first-order valence-electron chi connectivity index (χ1n) is 14.0. The molecule has 5 rings (SSSR count). The molecular weight excluding hydrogens is 590 g/mol. The Morgan fingerprint density at radius 1 is 1.07 bits per heavy atom. The Hall–Kier alpha value is -2.01. The number of likely N-dealkylation sites (N-methyl/N-ethyl adjacent to an activating group) is 1. The third-order valence-electron chi connectivity index (χ3n) is 8.95. The van der Waals surface area contributed by atoms with Crippen LogP contribution in [0.4, 0.5) is 17.6 Å². The summed E-state index contributed by atoms with van der Waals surface area (Å²) in [6.07, 6.45) is 0.775. The van der Waals surface area contributed by atoms with Gasteiger partial charge < -0.3 is 14.9 Å². The van der Waals surface area contributed by atoms with E-state index in [1.54, 1.807) is 19.2 Å². The average molecular weight is 627 g/mol. The Bertz CT molecular complexity index is 1170. The molecule has 1 amide bonds. The summed E-state index contributed by atoms with van der Waals surface area (Å²) in [5.41, 5.74) is -0.0187. The molecule has 3 saturated heterocycles. The van der Waals surface area contributed by atoms with Crippen LogP contribution in [0.5, 0.6) is 0 Å². The van der Waals surface area contributed by atoms with Crippen molar-refractivity contribution >= 4 is 21.8 Å². The fraction of sp³-hybridized carbons (Fsp3) is 0.567. The number of halogens is 5. The van der Waals surface area contributed by atoms with E-state index in [9.17, 15) is 27.5 Å². The van der Waals surface area contributed by atoms with E-state index in [2.05, 4.69) is 25.7 Å². The highest BCUT2D eigenvalue weighted by Gasteiger charge is 2.46. The van der Waals surface area contributed by atoms with Crippen LogP contribution in [0.15, 0.2) is 46.9 Å². The summed E-state index contributed by atoms with van der Waals surface area (Å²) in [6.45, 7) is 3.37. The zero-order chi connectivity index (χ0) is 28.6. The Labute approximate surface area is 241 Å². The van der Waals surface area contributed by atoms with Crippen molar-refractivity contribution in [2.24, 2.45) is 5.92 Å². The van der Waals surface area contributed by atoms with Gasteiger partial charge in [-0.25, -0.2) is 4.39 Å². The van der Waals surface area contributed by atoms with E-state index in [4.69, 9.17) is 0 Å². The maximum absolute atomic E-state index is 13.7. The molecule has 10 heteroatoms. The molecular formula is C30H36BrF4N3O2. The number of fused-ring (bicyclic) bond motifs is 2. The average Bonchev–Trinajstić information content (AvgIpc) is 3.13. The van der Waals surface area contributed by atoms with E-state index in [0.29, 0.717) is 30.6 Å². The van der Waals surface area contributed by atoms with Crippen molar-refractivity contribution in [2.45, 2.75) is 62.3 Å². The van der Waals surface area contributed by atoms with Crippen LogP contribution >= 0.6 is 15.9 Å². The maximum Gasteiger partial charge on any atom is 0.416 e. The smallest absolute Gasteiger partial charge is 0.396 e. The summed E-state index contributed by atoms with van der Waals surface area (Å²) in [5, 5.41) is 9.62. The largest absolute Gasteiger partial charge is 0.416 e. The number of likely N-dealkylation sites (tertiary alicyclic amines) is 1. The number of alkyl halides is 3. The molecule has 3 fully saturated rings. The molecule has 2 bridgehead atoms. The maximum atomic E-state index is 13.7. The van der Waals surface area contributed by atoms with Crippen LogP contribution in [-0.4, -0.2) is 83.7 Å². The van der Waals surface area contributed by atoms with E-state index in [0.717, 1.165) is 56.6 Å². The summed E-state index contributed by atoms with van der Waals surface area (Å²) >= 11 is 3.10. The third-order valence-corrected chi connectivity index (χ3v) is 9.41. The van der Waals surface area contributed by atoms with Crippen LogP contribution in [0.2, 0.25) is 0 Å². The molecule has 3 aliphatic rings. The monoisotopic (exact) mass is 625 g/mol. The molecule has 0 saturated carbocycles. The second kappa shape index (κ2) is 12.1. The van der Waals surface area contributed by atoms with Crippen molar-refractivity contribution in [3.63, 3.8) is 0 Å². The first-order valence-corrected chi connectivity index (χ1v) is 14.8. The van der Waals surface area contributed by atoms with Crippen molar-refractivity contribution < 1.29 is 27.5 Å². The minimum absolute atomic E-state index is 0.0350. The summed E-state index contributed by atoms with van der Waals surface area (Å²) in [5.74, 6) is -0.506. The number of rotatable bonds is 9. The fourth-order valence-corrected chi connectivity index (χ4v) is 7.43. The number of aliphatic hydroxyl groups excluding tert-OH is 1. The molecule has 3 aliphatic heterocycles. The number of hydrogen-bond donors (Lipinski definition) is 1. The molecule has 3 heterocycles. The van der Waals surface area contributed by atoms with E-state index >= 15 is 0 Å². The topological polar surface area (TPSA) is 47.0 Å². The van der Waals surface area contributed by atoms with E-state index in [1.165, 1.54) is 35.9 Å². The lowest BCUT2D eigenvalue weighted by molar-refractivity contribution is -0.137. The zero-order valence-corrected chi connectivity index (χ0v) is 24.2. The highest BCUT2D eigenvalue weighted by Crippen LogP contribution is 2.41. The number of benzene rings is 2. The van der Waals surface area contributed by atoms with Crippen LogP contribution in [0.3, 0.4) is 0 Å². The molecule has 0 radical (unpaired) electrons. The van der Waals surface area contributed by atoms with Crippen LogP contribution in [0.25, 0.3) is 0 Å². The van der Waals surface area contributed by atoms with Crippen molar-refractivity contribution in [2.75, 3.05) is 39.8 Å². The zero-order valence-electron chi connectivity index (χ0n) is 22.6. The predicted molar refractivity (Wildman–Crippen MR) is 149 cm³/mol. The first kappa shape index (κ1) is 29.5. The molecule has 1 N–H and O–H groups in total. The van der Waals surface area contributed by atoms with Gasteiger partial charge in [0.05, 0.1) is 5.56 Å². The lowest BCUT2D eigenvalue weighted by Crippen LogP contribution is -2.63. The number of piperidine rings is 1. The lowest BCUT2D eigenvalue weighted by Gasteiger charge is -2.51. The van der Waals surface area contributed by atoms with Crippen LogP contribution in [-0.2, 0) is 6.18 Å². The predicted octanol–water partition coefficient (Wildman–Crippen LogP) is 5.77. The molecule has 0 spiro atoms. The van der Waals surface area contributed by atoms with Gasteiger partial charge in [0.25, 0.3) is 5.91 Å². The van der Waals surface area contributed by atoms with Gasteiger partial charge in [-0.15, -0.1) is 0 Å². The number of nitrogens with zero attached hydrogens (tertiary/aromatic N) is 3. The molecule has 0 aliphatic carbocycles. The summed E-state index contributed by atoms with van der Waals surface area (Å²) in [6, 6.07) is 11.2. The van der Waals surface area contributed by atoms with Crippen molar-refractivity contribution in [1.82, 2.24) is 14.7 Å². The van der Waals surface area contributed by atoms with Gasteiger partial charge in [0.2, 0.25) is 0 Å². The molecule has 2 aromatic carbocycles. The molecule has 218 valence electrons. The number of carbonyl (C=O) groups excluding carboxylic acids is 1. The molecule has 2 aromatic rings. The van der Waals surface area contributed by atoms with E-state index < -0.39 is 17.6 Å². The number of aliphatic hydroxyl groups is 1. The SMILES string of the molecule is CN(C[C@@H](CCN1CC(N2[C@@H]3CC[C@H]2CC(CO)C3)C1)c1ccc(F)cc1)C(=O)c1cc(Br)cc(C(F)(F)F)c1. The van der Waals surface area contributed by atoms with Gasteiger partial charge in [-0.1, -0.05) is 28.1 Å². The van der Waals surface area contributed by atoms with Gasteiger partial charge in [-0.3, -0.25) is 9.69 Å². The summed E-state index contributed by atoms with van der Waals surface area (Å²) in [4.78, 5) is 19.7. The quantitative estimate of drug-likeness (QED) is 0.359. The van der Waals surface area contributed by atoms with Crippen LogP contribution in [0, 0.1) is 11.7 Å². The van der Waals surface area contributed by atoms with Crippen LogP contribution < -0.4 is 0 Å². The first-order chi connectivity index (χ1) is 19.0. The van der Waals surface area contributed by atoms with Gasteiger partial charge in [-0.05, 0) is 80.5 Å². The highest BCUT2D eigenvalue weighted by molar-refractivity contribution is 9.10. The minimum atomic E-state index is -4.56. The van der Waals surface area contributed by atoms with E-state index in [-0.39, 0.29) is 28.4 Å². The van der Waals surface area contributed by atoms with Crippen LogP contribution in [0.1, 0.15) is 59.5 Å². The van der Waals surface area contributed by atoms with Gasteiger partial charge in [-0.2, -0.15) is 13.2 Å². The second-order valence-electron chi connectivity index (χ2n) is 11.7. The van der Waals surface area contributed by atoms with Gasteiger partial charge in [0.15, 0.2) is 0 Å². The molecule has 1 unspecified atom stereocenters. The van der Waals surface area contributed by atoms with E-state index in [1.807, 2.05) is 0 Å². The molecule has 4 atom stereocenters. The number of carbonyl (C=O) groups is 1. The van der Waals surface area contributed by atoms with Crippen molar-refractivity contribution in [3.8, 4) is 0 Å². The lowest BCUT2D eigenvalue weighted by atomic mass is 9.88. The van der Waals surface area contributed by atoms with Gasteiger partial charge in [0, 0.05) is 67.4 Å². The summed E-state index contributed by atoms with van der Waals surface area (Å²) < 4.78 is 53.8. The second-order valence-corrected chi connectivity index (χ2v) is 12.6. The molecule has 5 nitrogen and oxygen atoms in total. The van der Waals surface area contributed by atoms with Gasteiger partial charge in [0.1, 0.15) is 5.82 Å². The fourth-order valence-electron chi connectivity index (χ4n) is 6.93. The van der Waals surface area contributed by atoms with Crippen molar-refractivity contribution in [1.29, 1.82) is 0 Å². The number of hydrogen-bond acceptors (Lipinski definition) is 4. The number of amides is 1. The summed E-state index contributed by atoms with van der Waals surface area (Å²) in [7, 11) is 1.60.